The smallest absolute Gasteiger partial charge is 0.325 e. The topological polar surface area (TPSA) is 65.9 Å². The average molecular weight is 369 g/mol. The Hall–Kier alpha value is -2.44. The fraction of sp³-hybridized carbons (Fsp3) is 0.429. The largest absolute Gasteiger partial charge is 0.491 e. The second-order valence-electron chi connectivity index (χ2n) is 7.11. The lowest BCUT2D eigenvalue weighted by molar-refractivity contribution is -0.144. The monoisotopic (exact) mass is 369 g/mol. The van der Waals surface area contributed by atoms with Gasteiger partial charge >= 0.3 is 5.97 Å². The highest BCUT2D eigenvalue weighted by Gasteiger charge is 2.30. The molecule has 6 heteroatoms. The van der Waals surface area contributed by atoms with E-state index in [0.29, 0.717) is 13.1 Å². The molecule has 6 nitrogen and oxygen atoms in total. The van der Waals surface area contributed by atoms with E-state index in [9.17, 15) is 9.90 Å². The minimum atomic E-state index is -0.814. The maximum absolute atomic E-state index is 11.9. The van der Waals surface area contributed by atoms with Crippen molar-refractivity contribution in [3.05, 3.63) is 59.9 Å². The van der Waals surface area contributed by atoms with Crippen molar-refractivity contribution in [3.8, 4) is 5.75 Å². The van der Waals surface area contributed by atoms with Gasteiger partial charge in [-0.05, 0) is 43.7 Å². The van der Waals surface area contributed by atoms with Gasteiger partial charge in [0.2, 0.25) is 0 Å². The lowest BCUT2D eigenvalue weighted by Crippen LogP contribution is -2.48. The fourth-order valence-electron chi connectivity index (χ4n) is 3.41. The summed E-state index contributed by atoms with van der Waals surface area (Å²) in [5.41, 5.74) is 1.83. The summed E-state index contributed by atoms with van der Waals surface area (Å²) in [4.78, 5) is 20.7. The minimum absolute atomic E-state index is 0.0957. The van der Waals surface area contributed by atoms with Crippen molar-refractivity contribution < 1.29 is 14.6 Å². The number of aromatic nitrogens is 1. The molecule has 2 aromatic rings. The van der Waals surface area contributed by atoms with Gasteiger partial charge in [-0.3, -0.25) is 19.6 Å². The first-order chi connectivity index (χ1) is 13.0. The van der Waals surface area contributed by atoms with Crippen LogP contribution in [0.5, 0.6) is 5.75 Å². The highest BCUT2D eigenvalue weighted by molar-refractivity contribution is 5.75. The summed E-state index contributed by atoms with van der Waals surface area (Å²) in [6.07, 6.45) is 1.90. The van der Waals surface area contributed by atoms with E-state index >= 15 is 0 Å². The molecule has 0 bridgehead atoms. The van der Waals surface area contributed by atoms with Crippen molar-refractivity contribution in [1.82, 2.24) is 14.8 Å². The van der Waals surface area contributed by atoms with Gasteiger partial charge in [0.25, 0.3) is 0 Å². The number of carboxylic acids is 1. The molecule has 2 heterocycles. The van der Waals surface area contributed by atoms with Gasteiger partial charge in [-0.2, -0.15) is 0 Å². The number of carboxylic acid groups (broad SMARTS) is 1. The van der Waals surface area contributed by atoms with E-state index in [2.05, 4.69) is 9.88 Å². The van der Waals surface area contributed by atoms with E-state index < -0.39 is 12.0 Å². The van der Waals surface area contributed by atoms with Crippen LogP contribution in [0.25, 0.3) is 0 Å². The van der Waals surface area contributed by atoms with Crippen molar-refractivity contribution in [2.24, 2.45) is 0 Å². The van der Waals surface area contributed by atoms with Crippen molar-refractivity contribution in [2.45, 2.75) is 32.5 Å². The Bertz CT molecular complexity index is 726. The average Bonchev–Trinajstić information content (AvgIpc) is 2.65. The highest BCUT2D eigenvalue weighted by Crippen LogP contribution is 2.25. The molecule has 1 aliphatic rings. The summed E-state index contributed by atoms with van der Waals surface area (Å²) in [5.74, 6) is -0.0521. The molecule has 3 rings (SSSR count). The molecule has 0 spiro atoms. The fourth-order valence-corrected chi connectivity index (χ4v) is 3.41. The van der Waals surface area contributed by atoms with E-state index in [4.69, 9.17) is 4.74 Å². The maximum atomic E-state index is 11.9. The van der Waals surface area contributed by atoms with Gasteiger partial charge in [0.05, 0.1) is 11.8 Å². The third-order valence-corrected chi connectivity index (χ3v) is 4.69. The number of piperazine rings is 1. The summed E-state index contributed by atoms with van der Waals surface area (Å²) in [7, 11) is 0. The summed E-state index contributed by atoms with van der Waals surface area (Å²) < 4.78 is 5.65. The van der Waals surface area contributed by atoms with E-state index in [1.807, 2.05) is 61.2 Å². The molecule has 1 aromatic heterocycles. The Morgan fingerprint density at radius 2 is 1.81 bits per heavy atom. The van der Waals surface area contributed by atoms with Gasteiger partial charge in [0, 0.05) is 38.9 Å². The van der Waals surface area contributed by atoms with Crippen molar-refractivity contribution in [1.29, 1.82) is 0 Å². The molecular formula is C21H27N3O3. The van der Waals surface area contributed by atoms with Crippen LogP contribution in [-0.4, -0.2) is 58.1 Å². The molecule has 1 atom stereocenters. The Morgan fingerprint density at radius 3 is 2.37 bits per heavy atom. The van der Waals surface area contributed by atoms with Crippen molar-refractivity contribution in [3.63, 3.8) is 0 Å². The third-order valence-electron chi connectivity index (χ3n) is 4.69. The number of benzene rings is 1. The predicted octanol–water partition coefficient (Wildman–Crippen LogP) is 2.81. The molecule has 1 aliphatic heterocycles. The van der Waals surface area contributed by atoms with E-state index in [-0.39, 0.29) is 6.10 Å². The number of rotatable bonds is 7. The predicted molar refractivity (Wildman–Crippen MR) is 104 cm³/mol. The zero-order valence-electron chi connectivity index (χ0n) is 15.9. The molecule has 1 saturated heterocycles. The standard InChI is InChI=1S/C21H27N3O3/c1-16(2)27-19-8-6-17(7-9-19)20(21(25)26)24-13-11-23(12-14-24)15-18-5-3-4-10-22-18/h3-10,16,20H,11-15H2,1-2H3,(H,25,26). The minimum Gasteiger partial charge on any atom is -0.491 e. The lowest BCUT2D eigenvalue weighted by Gasteiger charge is -2.37. The van der Waals surface area contributed by atoms with Gasteiger partial charge in [0.1, 0.15) is 11.8 Å². The Kier molecular flexibility index (Phi) is 6.42. The summed E-state index contributed by atoms with van der Waals surface area (Å²) >= 11 is 0. The molecule has 0 saturated carbocycles. The SMILES string of the molecule is CC(C)Oc1ccc(C(C(=O)O)N2CCN(Cc3ccccn3)CC2)cc1. The van der Waals surface area contributed by atoms with Gasteiger partial charge in [-0.15, -0.1) is 0 Å². The summed E-state index contributed by atoms with van der Waals surface area (Å²) in [5, 5.41) is 9.80. The molecule has 0 aliphatic carbocycles. The number of nitrogens with zero attached hydrogens (tertiary/aromatic N) is 3. The first kappa shape index (κ1) is 19.3. The number of ether oxygens (including phenoxy) is 1. The van der Waals surface area contributed by atoms with Crippen LogP contribution in [0, 0.1) is 0 Å². The number of carbonyl (C=O) groups is 1. The zero-order valence-corrected chi connectivity index (χ0v) is 15.9. The van der Waals surface area contributed by atoms with Crippen LogP contribution >= 0.6 is 0 Å². The molecule has 27 heavy (non-hydrogen) atoms. The van der Waals surface area contributed by atoms with Crippen molar-refractivity contribution in [2.75, 3.05) is 26.2 Å². The van der Waals surface area contributed by atoms with Gasteiger partial charge in [0.15, 0.2) is 0 Å². The van der Waals surface area contributed by atoms with Crippen LogP contribution in [0.4, 0.5) is 0 Å². The Labute approximate surface area is 160 Å². The first-order valence-electron chi connectivity index (χ1n) is 9.38. The number of hydrogen-bond acceptors (Lipinski definition) is 5. The normalized spacial score (nSPS) is 17.0. The van der Waals surface area contributed by atoms with E-state index in [0.717, 1.165) is 36.6 Å². The van der Waals surface area contributed by atoms with Gasteiger partial charge in [-0.1, -0.05) is 18.2 Å². The number of aliphatic carboxylic acids is 1. The molecule has 1 aromatic carbocycles. The molecule has 1 fully saturated rings. The molecular weight excluding hydrogens is 342 g/mol. The van der Waals surface area contributed by atoms with Crippen LogP contribution < -0.4 is 4.74 Å². The number of hydrogen-bond donors (Lipinski definition) is 1. The van der Waals surface area contributed by atoms with Crippen LogP contribution in [0.3, 0.4) is 0 Å². The Morgan fingerprint density at radius 1 is 1.11 bits per heavy atom. The summed E-state index contributed by atoms with van der Waals surface area (Å²) in [6, 6.07) is 12.7. The Balaban J connectivity index is 1.62. The second kappa shape index (κ2) is 8.97. The van der Waals surface area contributed by atoms with Crippen LogP contribution in [0.2, 0.25) is 0 Å². The van der Waals surface area contributed by atoms with Gasteiger partial charge < -0.3 is 9.84 Å². The van der Waals surface area contributed by atoms with Crippen LogP contribution in [0.1, 0.15) is 31.1 Å². The van der Waals surface area contributed by atoms with Crippen LogP contribution in [0.15, 0.2) is 48.7 Å². The molecule has 0 radical (unpaired) electrons. The quantitative estimate of drug-likeness (QED) is 0.810. The first-order valence-corrected chi connectivity index (χ1v) is 9.38. The third kappa shape index (κ3) is 5.28. The van der Waals surface area contributed by atoms with E-state index in [1.165, 1.54) is 0 Å². The zero-order chi connectivity index (χ0) is 19.2. The molecule has 144 valence electrons. The molecule has 1 unspecified atom stereocenters. The molecule has 0 amide bonds. The van der Waals surface area contributed by atoms with Crippen LogP contribution in [-0.2, 0) is 11.3 Å². The second-order valence-corrected chi connectivity index (χ2v) is 7.11. The summed E-state index contributed by atoms with van der Waals surface area (Å²) in [6.45, 7) is 7.83. The van der Waals surface area contributed by atoms with Crippen molar-refractivity contribution >= 4 is 5.97 Å². The number of pyridine rings is 1. The van der Waals surface area contributed by atoms with E-state index in [1.54, 1.807) is 6.20 Å². The highest BCUT2D eigenvalue weighted by atomic mass is 16.5. The molecule has 1 N–H and O–H groups in total. The lowest BCUT2D eigenvalue weighted by atomic mass is 10.0. The maximum Gasteiger partial charge on any atom is 0.325 e. The van der Waals surface area contributed by atoms with Gasteiger partial charge in [-0.25, -0.2) is 0 Å².